The molecule has 1 unspecified atom stereocenters. The van der Waals surface area contributed by atoms with E-state index in [9.17, 15) is 4.79 Å². The summed E-state index contributed by atoms with van der Waals surface area (Å²) in [5.41, 5.74) is 1.90. The van der Waals surface area contributed by atoms with Gasteiger partial charge in [0.05, 0.1) is 10.0 Å². The second kappa shape index (κ2) is 10.6. The topological polar surface area (TPSA) is 44.8 Å². The molecule has 0 heterocycles. The first-order valence-corrected chi connectivity index (χ1v) is 10.3. The van der Waals surface area contributed by atoms with Crippen LogP contribution in [0.4, 0.5) is 0 Å². The summed E-state index contributed by atoms with van der Waals surface area (Å²) in [5, 5.41) is 0.952. The van der Waals surface area contributed by atoms with Gasteiger partial charge in [0.1, 0.15) is 18.1 Å². The molecule has 0 aromatic heterocycles. The van der Waals surface area contributed by atoms with Crippen molar-refractivity contribution in [2.75, 3.05) is 12.4 Å². The summed E-state index contributed by atoms with van der Waals surface area (Å²) >= 11 is 13.5. The molecule has 28 heavy (non-hydrogen) atoms. The summed E-state index contributed by atoms with van der Waals surface area (Å²) in [4.78, 5) is 12.1. The van der Waals surface area contributed by atoms with Crippen LogP contribution in [0.3, 0.4) is 0 Å². The van der Waals surface area contributed by atoms with Gasteiger partial charge in [-0.1, -0.05) is 29.8 Å². The summed E-state index contributed by atoms with van der Waals surface area (Å²) in [6, 6.07) is 11.0. The molecular formula is C21H22Cl2O4S. The maximum Gasteiger partial charge on any atom is 0.305 e. The van der Waals surface area contributed by atoms with E-state index in [2.05, 4.69) is 6.58 Å². The Bertz CT molecular complexity index is 854. The molecule has 0 spiro atoms. The standard InChI is InChI=1S/C21H22Cl2O4S/c1-13(11-25-17-5-7-19(22)20(23)10-17)12-28-18-6-8-21(14(2)9-18)27-16(4)26-15(3)24/h5-10,16H,1,11-12H2,2-4H3. The number of rotatable bonds is 9. The van der Waals surface area contributed by atoms with E-state index in [1.54, 1.807) is 36.9 Å². The lowest BCUT2D eigenvalue weighted by Gasteiger charge is -2.16. The minimum absolute atomic E-state index is 0.376. The monoisotopic (exact) mass is 440 g/mol. The Morgan fingerprint density at radius 3 is 2.57 bits per heavy atom. The molecule has 0 aliphatic heterocycles. The fourth-order valence-corrected chi connectivity index (χ4v) is 3.43. The highest BCUT2D eigenvalue weighted by Crippen LogP contribution is 2.29. The fraction of sp³-hybridized carbons (Fsp3) is 0.286. The van der Waals surface area contributed by atoms with Gasteiger partial charge >= 0.3 is 5.97 Å². The largest absolute Gasteiger partial charge is 0.489 e. The molecule has 2 aromatic rings. The van der Waals surface area contributed by atoms with E-state index < -0.39 is 6.29 Å². The molecular weight excluding hydrogens is 419 g/mol. The average molecular weight is 441 g/mol. The number of carbonyl (C=O) groups is 1. The zero-order valence-electron chi connectivity index (χ0n) is 16.0. The van der Waals surface area contributed by atoms with Crippen LogP contribution in [-0.2, 0) is 9.53 Å². The quantitative estimate of drug-likeness (QED) is 0.197. The van der Waals surface area contributed by atoms with Gasteiger partial charge in [0, 0.05) is 30.6 Å². The van der Waals surface area contributed by atoms with Gasteiger partial charge in [0.15, 0.2) is 0 Å². The summed E-state index contributed by atoms with van der Waals surface area (Å²) in [5.74, 6) is 1.67. The van der Waals surface area contributed by atoms with Gasteiger partial charge in [-0.25, -0.2) is 0 Å². The zero-order valence-corrected chi connectivity index (χ0v) is 18.3. The molecule has 0 aliphatic rings. The Labute approximate surface area is 179 Å². The molecule has 1 atom stereocenters. The van der Waals surface area contributed by atoms with Gasteiger partial charge in [0.2, 0.25) is 6.29 Å². The highest BCUT2D eigenvalue weighted by Gasteiger charge is 2.10. The lowest BCUT2D eigenvalue weighted by Crippen LogP contribution is -2.19. The SMILES string of the molecule is C=C(COc1ccc(Cl)c(Cl)c1)CSc1ccc(OC(C)OC(C)=O)c(C)c1. The molecule has 0 fully saturated rings. The van der Waals surface area contributed by atoms with Gasteiger partial charge < -0.3 is 14.2 Å². The maximum atomic E-state index is 11.0. The smallest absolute Gasteiger partial charge is 0.305 e. The number of halogens is 2. The summed E-state index contributed by atoms with van der Waals surface area (Å²) in [6.07, 6.45) is -0.631. The first kappa shape index (κ1) is 22.5. The van der Waals surface area contributed by atoms with E-state index >= 15 is 0 Å². The third kappa shape index (κ3) is 7.30. The summed E-state index contributed by atoms with van der Waals surface area (Å²) in [6.45, 7) is 9.43. The van der Waals surface area contributed by atoms with E-state index in [0.29, 0.717) is 33.9 Å². The Morgan fingerprint density at radius 2 is 1.93 bits per heavy atom. The highest BCUT2D eigenvalue weighted by molar-refractivity contribution is 7.99. The van der Waals surface area contributed by atoms with Gasteiger partial charge in [-0.05, 0) is 48.4 Å². The molecule has 0 saturated heterocycles. The van der Waals surface area contributed by atoms with E-state index in [4.69, 9.17) is 37.4 Å². The number of ether oxygens (including phenoxy) is 3. The number of hydrogen-bond acceptors (Lipinski definition) is 5. The molecule has 150 valence electrons. The molecule has 0 radical (unpaired) electrons. The first-order chi connectivity index (χ1) is 13.2. The van der Waals surface area contributed by atoms with Crippen LogP contribution in [0.2, 0.25) is 10.0 Å². The minimum atomic E-state index is -0.631. The number of benzene rings is 2. The highest BCUT2D eigenvalue weighted by atomic mass is 35.5. The van der Waals surface area contributed by atoms with Crippen molar-refractivity contribution in [3.63, 3.8) is 0 Å². The van der Waals surface area contributed by atoms with E-state index in [1.165, 1.54) is 6.92 Å². The van der Waals surface area contributed by atoms with Crippen molar-refractivity contribution in [1.82, 2.24) is 0 Å². The molecule has 0 amide bonds. The van der Waals surface area contributed by atoms with Crippen molar-refractivity contribution in [3.05, 3.63) is 64.2 Å². The van der Waals surface area contributed by atoms with Crippen LogP contribution in [0.5, 0.6) is 11.5 Å². The lowest BCUT2D eigenvalue weighted by atomic mass is 10.2. The molecule has 2 rings (SSSR count). The van der Waals surface area contributed by atoms with Crippen LogP contribution >= 0.6 is 35.0 Å². The molecule has 4 nitrogen and oxygen atoms in total. The molecule has 2 aromatic carbocycles. The molecule has 7 heteroatoms. The average Bonchev–Trinajstić information content (AvgIpc) is 2.62. The third-order valence-electron chi connectivity index (χ3n) is 3.55. The molecule has 0 N–H and O–H groups in total. The van der Waals surface area contributed by atoms with Crippen LogP contribution in [0.25, 0.3) is 0 Å². The van der Waals surface area contributed by atoms with Crippen molar-refractivity contribution in [3.8, 4) is 11.5 Å². The van der Waals surface area contributed by atoms with E-state index in [0.717, 1.165) is 16.0 Å². The second-order valence-electron chi connectivity index (χ2n) is 6.13. The number of carbonyl (C=O) groups excluding carboxylic acids is 1. The van der Waals surface area contributed by atoms with Crippen molar-refractivity contribution in [2.24, 2.45) is 0 Å². The summed E-state index contributed by atoms with van der Waals surface area (Å²) < 4.78 is 16.3. The first-order valence-electron chi connectivity index (χ1n) is 8.56. The second-order valence-corrected chi connectivity index (χ2v) is 7.99. The normalized spacial score (nSPS) is 11.6. The van der Waals surface area contributed by atoms with Crippen molar-refractivity contribution < 1.29 is 19.0 Å². The number of aryl methyl sites for hydroxylation is 1. The van der Waals surface area contributed by atoms with Crippen LogP contribution in [0.1, 0.15) is 19.4 Å². The van der Waals surface area contributed by atoms with Gasteiger partial charge in [0.25, 0.3) is 0 Å². The Hall–Kier alpha value is -1.82. The van der Waals surface area contributed by atoms with Crippen LogP contribution < -0.4 is 9.47 Å². The Balaban J connectivity index is 1.83. The van der Waals surface area contributed by atoms with E-state index in [-0.39, 0.29) is 5.97 Å². The number of thioether (sulfide) groups is 1. The predicted octanol–water partition coefficient (Wildman–Crippen LogP) is 6.32. The Kier molecular flexibility index (Phi) is 8.55. The fourth-order valence-electron chi connectivity index (χ4n) is 2.26. The van der Waals surface area contributed by atoms with Crippen molar-refractivity contribution >= 4 is 40.9 Å². The van der Waals surface area contributed by atoms with Gasteiger partial charge in [-0.3, -0.25) is 4.79 Å². The third-order valence-corrected chi connectivity index (χ3v) is 5.43. The van der Waals surface area contributed by atoms with E-state index in [1.807, 2.05) is 25.1 Å². The van der Waals surface area contributed by atoms with Crippen LogP contribution in [-0.4, -0.2) is 24.6 Å². The Morgan fingerprint density at radius 1 is 1.18 bits per heavy atom. The van der Waals surface area contributed by atoms with Crippen LogP contribution in [0, 0.1) is 6.92 Å². The zero-order chi connectivity index (χ0) is 20.7. The number of hydrogen-bond donors (Lipinski definition) is 0. The predicted molar refractivity (Wildman–Crippen MR) is 115 cm³/mol. The van der Waals surface area contributed by atoms with Crippen molar-refractivity contribution in [2.45, 2.75) is 32.0 Å². The number of esters is 1. The van der Waals surface area contributed by atoms with Gasteiger partial charge in [-0.2, -0.15) is 0 Å². The molecule has 0 bridgehead atoms. The summed E-state index contributed by atoms with van der Waals surface area (Å²) in [7, 11) is 0. The van der Waals surface area contributed by atoms with Crippen molar-refractivity contribution in [1.29, 1.82) is 0 Å². The van der Waals surface area contributed by atoms with Gasteiger partial charge in [-0.15, -0.1) is 11.8 Å². The minimum Gasteiger partial charge on any atom is -0.489 e. The molecule has 0 aliphatic carbocycles. The molecule has 0 saturated carbocycles. The van der Waals surface area contributed by atoms with Crippen LogP contribution in [0.15, 0.2) is 53.4 Å². The maximum absolute atomic E-state index is 11.0. The lowest BCUT2D eigenvalue weighted by molar-refractivity contribution is -0.158.